The molecule has 0 aromatic carbocycles. The van der Waals surface area contributed by atoms with E-state index >= 15 is 0 Å². The molecule has 13 heavy (non-hydrogen) atoms. The van der Waals surface area contributed by atoms with Crippen molar-refractivity contribution in [2.24, 2.45) is 16.1 Å². The standard InChI is InChI=1S/C6H11N5O2/c1-4(10-13-2)5-3-11(7)6(12)9-8-5/h3,7H2,1-2H3,(H,9,12). The van der Waals surface area contributed by atoms with E-state index in [0.29, 0.717) is 11.4 Å². The van der Waals surface area contributed by atoms with Crippen molar-refractivity contribution in [3.8, 4) is 0 Å². The molecule has 0 saturated carbocycles. The second-order valence-electron chi connectivity index (χ2n) is 2.46. The zero-order valence-electron chi connectivity index (χ0n) is 7.44. The number of hydrogen-bond acceptors (Lipinski definition) is 5. The number of oxime groups is 1. The Balaban J connectivity index is 2.73. The van der Waals surface area contributed by atoms with Gasteiger partial charge < -0.3 is 4.84 Å². The van der Waals surface area contributed by atoms with Crippen LogP contribution in [0.25, 0.3) is 0 Å². The predicted molar refractivity (Wildman–Crippen MR) is 47.0 cm³/mol. The van der Waals surface area contributed by atoms with Gasteiger partial charge in [0.05, 0.1) is 6.54 Å². The molecule has 0 unspecified atom stereocenters. The fraction of sp³-hybridized carbons (Fsp3) is 0.500. The summed E-state index contributed by atoms with van der Waals surface area (Å²) in [6.45, 7) is 1.94. The van der Waals surface area contributed by atoms with Crippen LogP contribution in [0.2, 0.25) is 0 Å². The lowest BCUT2D eigenvalue weighted by Crippen LogP contribution is -2.51. The maximum absolute atomic E-state index is 10.8. The molecule has 7 nitrogen and oxygen atoms in total. The third kappa shape index (κ3) is 2.15. The van der Waals surface area contributed by atoms with E-state index in [9.17, 15) is 4.79 Å². The molecule has 2 amide bonds. The van der Waals surface area contributed by atoms with Gasteiger partial charge in [0.25, 0.3) is 0 Å². The SMILES string of the molecule is CON=C(C)C1=NNC(=O)N(N)C1. The number of amides is 2. The van der Waals surface area contributed by atoms with Crippen molar-refractivity contribution in [1.82, 2.24) is 10.4 Å². The van der Waals surface area contributed by atoms with Crippen LogP contribution in [0, 0.1) is 0 Å². The number of nitrogens with one attached hydrogen (secondary N) is 1. The first-order valence-electron chi connectivity index (χ1n) is 3.62. The maximum atomic E-state index is 10.8. The summed E-state index contributed by atoms with van der Waals surface area (Å²) in [5.74, 6) is 5.35. The summed E-state index contributed by atoms with van der Waals surface area (Å²) in [5.41, 5.74) is 3.39. The van der Waals surface area contributed by atoms with E-state index in [0.717, 1.165) is 5.01 Å². The molecule has 0 radical (unpaired) electrons. The Labute approximate surface area is 75.2 Å². The van der Waals surface area contributed by atoms with E-state index < -0.39 is 6.03 Å². The van der Waals surface area contributed by atoms with Gasteiger partial charge in [0, 0.05) is 0 Å². The highest BCUT2D eigenvalue weighted by Gasteiger charge is 2.19. The molecular formula is C6H11N5O2. The average Bonchev–Trinajstić information content (AvgIpc) is 2.10. The topological polar surface area (TPSA) is 92.3 Å². The summed E-state index contributed by atoms with van der Waals surface area (Å²) < 4.78 is 0. The number of urea groups is 1. The van der Waals surface area contributed by atoms with Crippen LogP contribution in [-0.4, -0.2) is 36.1 Å². The van der Waals surface area contributed by atoms with Crippen molar-refractivity contribution in [3.05, 3.63) is 0 Å². The molecule has 1 rings (SSSR count). The molecule has 0 aromatic rings. The summed E-state index contributed by atoms with van der Waals surface area (Å²) in [6, 6.07) is -0.436. The molecule has 0 saturated heterocycles. The van der Waals surface area contributed by atoms with E-state index in [2.05, 4.69) is 20.5 Å². The van der Waals surface area contributed by atoms with Gasteiger partial charge in [-0.15, -0.1) is 0 Å². The van der Waals surface area contributed by atoms with E-state index in [1.54, 1.807) is 6.92 Å². The van der Waals surface area contributed by atoms with Crippen molar-refractivity contribution < 1.29 is 9.63 Å². The van der Waals surface area contributed by atoms with E-state index in [4.69, 9.17) is 5.84 Å². The lowest BCUT2D eigenvalue weighted by atomic mass is 10.2. The number of hydrogen-bond donors (Lipinski definition) is 2. The summed E-state index contributed by atoms with van der Waals surface area (Å²) in [6.07, 6.45) is 0. The Morgan fingerprint density at radius 3 is 3.08 bits per heavy atom. The summed E-state index contributed by atoms with van der Waals surface area (Å²) in [7, 11) is 1.44. The van der Waals surface area contributed by atoms with E-state index in [-0.39, 0.29) is 6.54 Å². The highest BCUT2D eigenvalue weighted by molar-refractivity contribution is 6.42. The van der Waals surface area contributed by atoms with E-state index in [1.807, 2.05) is 0 Å². The molecule has 0 atom stereocenters. The molecule has 1 aliphatic rings. The Kier molecular flexibility index (Phi) is 2.80. The van der Waals surface area contributed by atoms with Crippen molar-refractivity contribution in [3.63, 3.8) is 0 Å². The maximum Gasteiger partial charge on any atom is 0.352 e. The summed E-state index contributed by atoms with van der Waals surface area (Å²) in [5, 5.41) is 8.44. The lowest BCUT2D eigenvalue weighted by molar-refractivity contribution is 0.202. The van der Waals surface area contributed by atoms with Gasteiger partial charge in [-0.1, -0.05) is 5.16 Å². The van der Waals surface area contributed by atoms with Crippen molar-refractivity contribution in [2.75, 3.05) is 13.7 Å². The number of nitrogens with two attached hydrogens (primary N) is 1. The molecule has 0 spiro atoms. The van der Waals surface area contributed by atoms with E-state index in [1.165, 1.54) is 7.11 Å². The van der Waals surface area contributed by atoms with Crippen LogP contribution in [0.4, 0.5) is 4.79 Å². The zero-order valence-corrected chi connectivity index (χ0v) is 7.44. The molecular weight excluding hydrogens is 174 g/mol. The van der Waals surface area contributed by atoms with Gasteiger partial charge in [0.2, 0.25) is 0 Å². The second kappa shape index (κ2) is 3.85. The number of hydrazone groups is 1. The first-order chi connectivity index (χ1) is 6.15. The summed E-state index contributed by atoms with van der Waals surface area (Å²) >= 11 is 0. The van der Waals surface area contributed by atoms with Crippen LogP contribution in [0.1, 0.15) is 6.92 Å². The molecule has 3 N–H and O–H groups in total. The van der Waals surface area contributed by atoms with Crippen LogP contribution in [-0.2, 0) is 4.84 Å². The van der Waals surface area contributed by atoms with Gasteiger partial charge in [0.1, 0.15) is 18.5 Å². The number of rotatable bonds is 2. The normalized spacial score (nSPS) is 18.1. The predicted octanol–water partition coefficient (Wildman–Crippen LogP) is -0.736. The Hall–Kier alpha value is -1.63. The molecule has 0 bridgehead atoms. The average molecular weight is 185 g/mol. The van der Waals surface area contributed by atoms with Gasteiger partial charge in [-0.05, 0) is 6.92 Å². The van der Waals surface area contributed by atoms with Crippen LogP contribution in [0.5, 0.6) is 0 Å². The number of carbonyl (C=O) groups excluding carboxylic acids is 1. The lowest BCUT2D eigenvalue weighted by Gasteiger charge is -2.21. The van der Waals surface area contributed by atoms with Gasteiger partial charge in [-0.3, -0.25) is 5.01 Å². The highest BCUT2D eigenvalue weighted by atomic mass is 16.6. The van der Waals surface area contributed by atoms with Crippen LogP contribution in [0.3, 0.4) is 0 Å². The number of hydrazine groups is 1. The fourth-order valence-corrected chi connectivity index (χ4v) is 0.833. The van der Waals surface area contributed by atoms with Crippen molar-refractivity contribution in [1.29, 1.82) is 0 Å². The number of nitrogens with zero attached hydrogens (tertiary/aromatic N) is 3. The van der Waals surface area contributed by atoms with Crippen LogP contribution in [0.15, 0.2) is 10.3 Å². The molecule has 72 valence electrons. The third-order valence-corrected chi connectivity index (χ3v) is 1.51. The van der Waals surface area contributed by atoms with Gasteiger partial charge in [-0.2, -0.15) is 5.10 Å². The molecule has 7 heteroatoms. The monoisotopic (exact) mass is 185 g/mol. The minimum absolute atomic E-state index is 0.227. The van der Waals surface area contributed by atoms with Crippen molar-refractivity contribution in [2.45, 2.75) is 6.92 Å². The van der Waals surface area contributed by atoms with Gasteiger partial charge in [-0.25, -0.2) is 16.1 Å². The van der Waals surface area contributed by atoms with Gasteiger partial charge in [0.15, 0.2) is 0 Å². The molecule has 1 aliphatic heterocycles. The first kappa shape index (κ1) is 9.46. The van der Waals surface area contributed by atoms with Crippen LogP contribution < -0.4 is 11.3 Å². The molecule has 0 aliphatic carbocycles. The first-order valence-corrected chi connectivity index (χ1v) is 3.62. The Morgan fingerprint density at radius 1 is 1.85 bits per heavy atom. The fourth-order valence-electron chi connectivity index (χ4n) is 0.833. The largest absolute Gasteiger partial charge is 0.399 e. The molecule has 0 fully saturated rings. The second-order valence-corrected chi connectivity index (χ2v) is 2.46. The highest BCUT2D eigenvalue weighted by Crippen LogP contribution is 1.94. The number of carbonyl (C=O) groups is 1. The Bertz CT molecular complexity index is 272. The van der Waals surface area contributed by atoms with Crippen molar-refractivity contribution >= 4 is 17.5 Å². The third-order valence-electron chi connectivity index (χ3n) is 1.51. The van der Waals surface area contributed by atoms with Crippen LogP contribution >= 0.6 is 0 Å². The minimum atomic E-state index is -0.436. The summed E-state index contributed by atoms with van der Waals surface area (Å²) in [4.78, 5) is 15.4. The smallest absolute Gasteiger partial charge is 0.352 e. The Morgan fingerprint density at radius 2 is 2.54 bits per heavy atom. The molecule has 0 aromatic heterocycles. The quantitative estimate of drug-likeness (QED) is 0.257. The zero-order chi connectivity index (χ0) is 9.84. The minimum Gasteiger partial charge on any atom is -0.399 e. The molecule has 1 heterocycles. The van der Waals surface area contributed by atoms with Gasteiger partial charge >= 0.3 is 6.03 Å².